The van der Waals surface area contributed by atoms with Gasteiger partial charge in [0.25, 0.3) is 0 Å². The van der Waals surface area contributed by atoms with Crippen LogP contribution >= 0.6 is 11.3 Å². The summed E-state index contributed by atoms with van der Waals surface area (Å²) in [5.74, 6) is 4.11. The highest BCUT2D eigenvalue weighted by Crippen LogP contribution is 2.53. The molecular formula is C14H20N2S. The van der Waals surface area contributed by atoms with Gasteiger partial charge in [0, 0.05) is 24.2 Å². The summed E-state index contributed by atoms with van der Waals surface area (Å²) in [7, 11) is 0. The first-order valence-corrected chi connectivity index (χ1v) is 7.88. The minimum absolute atomic E-state index is 0.798. The molecule has 1 aromatic rings. The SMILES string of the molecule is c1csc(CNC2C3CC4CC(C3)CC2C4)n1. The van der Waals surface area contributed by atoms with Crippen molar-refractivity contribution in [3.63, 3.8) is 0 Å². The Morgan fingerprint density at radius 3 is 2.41 bits per heavy atom. The van der Waals surface area contributed by atoms with Crippen LogP contribution < -0.4 is 5.32 Å². The number of nitrogens with zero attached hydrogens (tertiary/aromatic N) is 1. The Kier molecular flexibility index (Phi) is 2.51. The van der Waals surface area contributed by atoms with Gasteiger partial charge in [0.05, 0.1) is 0 Å². The fourth-order valence-electron chi connectivity index (χ4n) is 4.80. The molecule has 0 saturated heterocycles. The lowest BCUT2D eigenvalue weighted by Crippen LogP contribution is -2.54. The van der Waals surface area contributed by atoms with E-state index in [9.17, 15) is 0 Å². The van der Waals surface area contributed by atoms with Crippen molar-refractivity contribution in [3.8, 4) is 0 Å². The lowest BCUT2D eigenvalue weighted by Gasteiger charge is -2.54. The number of aromatic nitrogens is 1. The number of hydrogen-bond donors (Lipinski definition) is 1. The van der Waals surface area contributed by atoms with Gasteiger partial charge in [-0.2, -0.15) is 0 Å². The molecule has 1 N–H and O–H groups in total. The molecule has 0 amide bonds. The van der Waals surface area contributed by atoms with Crippen LogP contribution in [0, 0.1) is 23.7 Å². The smallest absolute Gasteiger partial charge is 0.106 e. The predicted octanol–water partition coefficient (Wildman–Crippen LogP) is 3.06. The lowest BCUT2D eigenvalue weighted by molar-refractivity contribution is -0.0142. The molecule has 92 valence electrons. The molecule has 0 unspecified atom stereocenters. The maximum Gasteiger partial charge on any atom is 0.106 e. The van der Waals surface area contributed by atoms with E-state index in [1.54, 1.807) is 17.8 Å². The molecule has 2 nitrogen and oxygen atoms in total. The molecule has 5 rings (SSSR count). The van der Waals surface area contributed by atoms with Gasteiger partial charge in [-0.1, -0.05) is 0 Å². The number of hydrogen-bond acceptors (Lipinski definition) is 3. The van der Waals surface area contributed by atoms with E-state index in [0.717, 1.165) is 36.3 Å². The third-order valence-corrected chi connectivity index (χ3v) is 5.98. The summed E-state index contributed by atoms with van der Waals surface area (Å²) < 4.78 is 0. The third-order valence-electron chi connectivity index (χ3n) is 5.20. The first-order valence-electron chi connectivity index (χ1n) is 7.00. The minimum atomic E-state index is 0.798. The lowest BCUT2D eigenvalue weighted by atomic mass is 9.54. The van der Waals surface area contributed by atoms with E-state index in [2.05, 4.69) is 15.7 Å². The Labute approximate surface area is 107 Å². The summed E-state index contributed by atoms with van der Waals surface area (Å²) in [5, 5.41) is 7.14. The molecule has 4 fully saturated rings. The average Bonchev–Trinajstić information content (AvgIpc) is 2.80. The van der Waals surface area contributed by atoms with Crippen LogP contribution in [0.25, 0.3) is 0 Å². The van der Waals surface area contributed by atoms with Crippen LogP contribution in [0.1, 0.15) is 37.1 Å². The van der Waals surface area contributed by atoms with Gasteiger partial charge >= 0.3 is 0 Å². The highest BCUT2D eigenvalue weighted by Gasteiger charge is 2.47. The fourth-order valence-corrected chi connectivity index (χ4v) is 5.37. The van der Waals surface area contributed by atoms with Crippen molar-refractivity contribution in [3.05, 3.63) is 16.6 Å². The molecule has 3 heteroatoms. The molecule has 0 atom stereocenters. The van der Waals surface area contributed by atoms with Gasteiger partial charge in [0.1, 0.15) is 5.01 Å². The normalized spacial score (nSPS) is 43.2. The van der Waals surface area contributed by atoms with Gasteiger partial charge in [0.2, 0.25) is 0 Å². The second kappa shape index (κ2) is 4.06. The summed E-state index contributed by atoms with van der Waals surface area (Å²) in [6.45, 7) is 0.991. The Morgan fingerprint density at radius 1 is 1.12 bits per heavy atom. The Morgan fingerprint density at radius 2 is 1.82 bits per heavy atom. The van der Waals surface area contributed by atoms with E-state index >= 15 is 0 Å². The minimum Gasteiger partial charge on any atom is -0.307 e. The van der Waals surface area contributed by atoms with Crippen molar-refractivity contribution in [2.45, 2.75) is 44.7 Å². The third kappa shape index (κ3) is 1.84. The van der Waals surface area contributed by atoms with E-state index in [4.69, 9.17) is 0 Å². The molecule has 1 aromatic heterocycles. The van der Waals surface area contributed by atoms with Crippen molar-refractivity contribution in [1.82, 2.24) is 10.3 Å². The molecule has 0 aliphatic heterocycles. The molecular weight excluding hydrogens is 228 g/mol. The van der Waals surface area contributed by atoms with Crippen LogP contribution in [0.3, 0.4) is 0 Å². The monoisotopic (exact) mass is 248 g/mol. The second-order valence-corrected chi connectivity index (χ2v) is 7.24. The topological polar surface area (TPSA) is 24.9 Å². The Hall–Kier alpha value is -0.410. The van der Waals surface area contributed by atoms with Gasteiger partial charge < -0.3 is 5.32 Å². The molecule has 4 aliphatic carbocycles. The van der Waals surface area contributed by atoms with Crippen molar-refractivity contribution < 1.29 is 0 Å². The number of thiazole rings is 1. The van der Waals surface area contributed by atoms with Gasteiger partial charge in [0.15, 0.2) is 0 Å². The number of rotatable bonds is 3. The van der Waals surface area contributed by atoms with Crippen LogP contribution in [-0.4, -0.2) is 11.0 Å². The zero-order valence-electron chi connectivity index (χ0n) is 10.1. The summed E-state index contributed by atoms with van der Waals surface area (Å²) in [4.78, 5) is 4.37. The summed E-state index contributed by atoms with van der Waals surface area (Å²) in [6, 6.07) is 0.798. The second-order valence-electron chi connectivity index (χ2n) is 6.26. The first kappa shape index (κ1) is 10.5. The van der Waals surface area contributed by atoms with Crippen molar-refractivity contribution in [2.24, 2.45) is 23.7 Å². The van der Waals surface area contributed by atoms with Gasteiger partial charge in [-0.15, -0.1) is 11.3 Å². The van der Waals surface area contributed by atoms with Gasteiger partial charge in [-0.05, 0) is 55.8 Å². The van der Waals surface area contributed by atoms with Gasteiger partial charge in [-0.3, -0.25) is 0 Å². The average molecular weight is 248 g/mol. The maximum atomic E-state index is 4.37. The maximum absolute atomic E-state index is 4.37. The number of nitrogens with one attached hydrogen (secondary N) is 1. The van der Waals surface area contributed by atoms with Crippen molar-refractivity contribution in [1.29, 1.82) is 0 Å². The van der Waals surface area contributed by atoms with Crippen LogP contribution in [0.4, 0.5) is 0 Å². The molecule has 0 radical (unpaired) electrons. The molecule has 4 bridgehead atoms. The highest BCUT2D eigenvalue weighted by molar-refractivity contribution is 7.09. The van der Waals surface area contributed by atoms with E-state index in [1.807, 2.05) is 6.20 Å². The summed E-state index contributed by atoms with van der Waals surface area (Å²) in [6.07, 6.45) is 9.47. The first-order chi connectivity index (χ1) is 8.38. The predicted molar refractivity (Wildman–Crippen MR) is 69.8 cm³/mol. The van der Waals surface area contributed by atoms with Crippen molar-refractivity contribution in [2.75, 3.05) is 0 Å². The largest absolute Gasteiger partial charge is 0.307 e. The van der Waals surface area contributed by atoms with E-state index in [0.29, 0.717) is 0 Å². The van der Waals surface area contributed by atoms with E-state index in [1.165, 1.54) is 30.7 Å². The molecule has 17 heavy (non-hydrogen) atoms. The van der Waals surface area contributed by atoms with Crippen LogP contribution in [0.5, 0.6) is 0 Å². The molecule has 0 aromatic carbocycles. The van der Waals surface area contributed by atoms with E-state index < -0.39 is 0 Å². The molecule has 4 saturated carbocycles. The molecule has 0 spiro atoms. The van der Waals surface area contributed by atoms with Gasteiger partial charge in [-0.25, -0.2) is 4.98 Å². The Balaban J connectivity index is 1.44. The van der Waals surface area contributed by atoms with Crippen molar-refractivity contribution >= 4 is 11.3 Å². The van der Waals surface area contributed by atoms with Crippen LogP contribution in [0.15, 0.2) is 11.6 Å². The van der Waals surface area contributed by atoms with E-state index in [-0.39, 0.29) is 0 Å². The molecule has 4 aliphatic rings. The zero-order chi connectivity index (χ0) is 11.2. The zero-order valence-corrected chi connectivity index (χ0v) is 11.0. The summed E-state index contributed by atoms with van der Waals surface area (Å²) in [5.41, 5.74) is 0. The highest BCUT2D eigenvalue weighted by atomic mass is 32.1. The standard InChI is InChI=1S/C14H20N2S/c1-2-17-13(15-1)8-16-14-11-4-9-3-10(6-11)7-12(14)5-9/h1-2,9-12,14,16H,3-8H2. The molecule has 1 heterocycles. The van der Waals surface area contributed by atoms with Crippen LogP contribution in [-0.2, 0) is 6.54 Å². The van der Waals surface area contributed by atoms with Crippen LogP contribution in [0.2, 0.25) is 0 Å². The quantitative estimate of drug-likeness (QED) is 0.889. The Bertz CT molecular complexity index is 359. The fraction of sp³-hybridized carbons (Fsp3) is 0.786. The summed E-state index contributed by atoms with van der Waals surface area (Å²) >= 11 is 1.78.